The van der Waals surface area contributed by atoms with Crippen LogP contribution in [-0.4, -0.2) is 173 Å². The van der Waals surface area contributed by atoms with Gasteiger partial charge in [-0.3, -0.25) is 9.59 Å². The van der Waals surface area contributed by atoms with Gasteiger partial charge in [-0.05, 0) is 70.1 Å². The zero-order valence-corrected chi connectivity index (χ0v) is 46.8. The summed E-state index contributed by atoms with van der Waals surface area (Å²) in [5.41, 5.74) is 2.76. The monoisotopic (exact) mass is 1100 g/mol. The molecule has 0 aliphatic rings. The highest BCUT2D eigenvalue weighted by Gasteiger charge is 2.19. The summed E-state index contributed by atoms with van der Waals surface area (Å²) >= 11 is 0. The predicted octanol–water partition coefficient (Wildman–Crippen LogP) is 6.48. The van der Waals surface area contributed by atoms with E-state index >= 15 is 0 Å². The van der Waals surface area contributed by atoms with Crippen molar-refractivity contribution in [1.82, 2.24) is 20.9 Å². The molecule has 21 nitrogen and oxygen atoms in total. The maximum absolute atomic E-state index is 12.9. The number of alkyl carbamates (subject to hydrolysis) is 1. The highest BCUT2D eigenvalue weighted by molar-refractivity contribution is 5.95. The number of likely N-dealkylation sites (N-methyl/N-ethyl adjacent to an activating group) is 1. The number of para-hydroxylation sites is 1. The van der Waals surface area contributed by atoms with Gasteiger partial charge in [0.25, 0.3) is 0 Å². The largest absolute Gasteiger partial charge is 0.486 e. The van der Waals surface area contributed by atoms with E-state index in [1.807, 2.05) is 99.6 Å². The van der Waals surface area contributed by atoms with E-state index < -0.39 is 17.7 Å². The van der Waals surface area contributed by atoms with Crippen LogP contribution in [-0.2, 0) is 75.0 Å². The second-order valence-electron chi connectivity index (χ2n) is 17.8. The lowest BCUT2D eigenvalue weighted by Crippen LogP contribution is -2.35. The standard InChI is InChI=1S/C28H27N3O4.C26H50N2O12.C3H8/c1-19(29-2)27(32)30-23-14-12-21(13-15-23)17-34-25-16-22-10-6-7-11-24(22)31-26(25)28(33)35-18-20-8-4-3-5-9-20;1-26(2,3)40-25(31)28-6-9-33-11-13-35-15-17-37-19-21-39-23-22-38-20-18-36-16-14-34-12-10-32-8-4-24(30)27-5-7-29;1-3-2/h3-16,19,29H,17-18H2,1-2H3,(H,30,32);7H,4-6,8-23H2,1-3H3,(H,27,30)(H,28,31);3H2,1-2H3. The van der Waals surface area contributed by atoms with Gasteiger partial charge >= 0.3 is 12.1 Å². The summed E-state index contributed by atoms with van der Waals surface area (Å²) in [6, 6.07) is 25.9. The first kappa shape index (κ1) is 68.0. The van der Waals surface area contributed by atoms with E-state index in [0.29, 0.717) is 129 Å². The Morgan fingerprint density at radius 2 is 1.10 bits per heavy atom. The summed E-state index contributed by atoms with van der Waals surface area (Å²) in [6.45, 7) is 19.2. The lowest BCUT2D eigenvalue weighted by molar-refractivity contribution is -0.123. The molecule has 1 unspecified atom stereocenters. The lowest BCUT2D eigenvalue weighted by Gasteiger charge is -2.19. The Bertz CT molecular complexity index is 2220. The summed E-state index contributed by atoms with van der Waals surface area (Å²) in [4.78, 5) is 62.3. The topological polar surface area (TPSA) is 248 Å². The number of anilines is 1. The molecule has 1 aromatic heterocycles. The average Bonchev–Trinajstić information content (AvgIpc) is 3.43. The van der Waals surface area contributed by atoms with Gasteiger partial charge in [0.1, 0.15) is 25.1 Å². The van der Waals surface area contributed by atoms with Gasteiger partial charge in [-0.1, -0.05) is 80.9 Å². The van der Waals surface area contributed by atoms with E-state index in [1.54, 1.807) is 20.0 Å². The lowest BCUT2D eigenvalue weighted by atomic mass is 10.2. The van der Waals surface area contributed by atoms with Crippen molar-refractivity contribution in [2.75, 3.05) is 131 Å². The van der Waals surface area contributed by atoms with Crippen molar-refractivity contribution in [2.24, 2.45) is 0 Å². The fraction of sp³-hybridized carbons (Fsp3) is 0.544. The number of esters is 1. The third-order valence-electron chi connectivity index (χ3n) is 9.91. The summed E-state index contributed by atoms with van der Waals surface area (Å²) in [6.07, 6.45) is 1.64. The van der Waals surface area contributed by atoms with Crippen molar-refractivity contribution in [3.8, 4) is 5.75 Å². The van der Waals surface area contributed by atoms with E-state index in [-0.39, 0.29) is 56.3 Å². The van der Waals surface area contributed by atoms with Crippen molar-refractivity contribution in [1.29, 1.82) is 0 Å². The van der Waals surface area contributed by atoms with Crippen LogP contribution in [0.2, 0.25) is 0 Å². The number of hydrogen-bond acceptors (Lipinski definition) is 18. The van der Waals surface area contributed by atoms with Gasteiger partial charge in [0.15, 0.2) is 11.4 Å². The number of aldehydes is 1. The molecule has 4 N–H and O–H groups in total. The van der Waals surface area contributed by atoms with E-state index in [2.05, 4.69) is 40.1 Å². The van der Waals surface area contributed by atoms with Crippen LogP contribution in [0.1, 0.15) is 76.0 Å². The molecule has 0 bridgehead atoms. The molecule has 1 heterocycles. The minimum Gasteiger partial charge on any atom is -0.486 e. The Morgan fingerprint density at radius 3 is 1.62 bits per heavy atom. The van der Waals surface area contributed by atoms with Gasteiger partial charge in [-0.15, -0.1) is 0 Å². The van der Waals surface area contributed by atoms with E-state index in [9.17, 15) is 24.0 Å². The minimum atomic E-state index is -0.550. The van der Waals surface area contributed by atoms with Crippen LogP contribution in [0.4, 0.5) is 10.5 Å². The predicted molar refractivity (Wildman–Crippen MR) is 296 cm³/mol. The fourth-order valence-corrected chi connectivity index (χ4v) is 5.96. The fourth-order valence-electron chi connectivity index (χ4n) is 5.96. The number of ether oxygens (including phenoxy) is 11. The molecular weight excluding hydrogens is 1010 g/mol. The molecule has 434 valence electrons. The summed E-state index contributed by atoms with van der Waals surface area (Å²) < 4.78 is 59.8. The van der Waals surface area contributed by atoms with Gasteiger partial charge < -0.3 is 78.2 Å². The third-order valence-corrected chi connectivity index (χ3v) is 9.91. The summed E-state index contributed by atoms with van der Waals surface area (Å²) in [5.74, 6) is -0.531. The molecule has 0 aliphatic carbocycles. The Labute approximate surface area is 460 Å². The average molecular weight is 1100 g/mol. The molecule has 4 aromatic rings. The van der Waals surface area contributed by atoms with Crippen LogP contribution in [0, 0.1) is 0 Å². The number of rotatable bonds is 38. The number of aromatic nitrogens is 1. The normalized spacial score (nSPS) is 11.3. The van der Waals surface area contributed by atoms with E-state index in [0.717, 1.165) is 16.5 Å². The Morgan fingerprint density at radius 1 is 0.615 bits per heavy atom. The number of carbonyl (C=O) groups is 5. The molecule has 0 radical (unpaired) electrons. The van der Waals surface area contributed by atoms with Gasteiger partial charge in [0.2, 0.25) is 11.8 Å². The van der Waals surface area contributed by atoms with Gasteiger partial charge in [-0.25, -0.2) is 14.6 Å². The second-order valence-corrected chi connectivity index (χ2v) is 17.8. The number of hydrogen-bond donors (Lipinski definition) is 4. The van der Waals surface area contributed by atoms with Gasteiger partial charge in [-0.2, -0.15) is 0 Å². The van der Waals surface area contributed by atoms with Crippen LogP contribution in [0.3, 0.4) is 0 Å². The van der Waals surface area contributed by atoms with Crippen molar-refractivity contribution in [3.05, 3.63) is 102 Å². The van der Waals surface area contributed by atoms with Crippen molar-refractivity contribution < 1.29 is 76.1 Å². The second kappa shape index (κ2) is 43.8. The first-order valence-electron chi connectivity index (χ1n) is 26.4. The number of nitrogens with one attached hydrogen (secondary N) is 4. The van der Waals surface area contributed by atoms with Crippen molar-refractivity contribution >= 4 is 46.8 Å². The number of fused-ring (bicyclic) bond motifs is 1. The van der Waals surface area contributed by atoms with Crippen LogP contribution in [0.5, 0.6) is 5.75 Å². The third kappa shape index (κ3) is 34.6. The molecule has 0 spiro atoms. The molecule has 78 heavy (non-hydrogen) atoms. The molecular formula is C57H85N5O16. The molecule has 0 saturated carbocycles. The molecule has 21 heteroatoms. The van der Waals surface area contributed by atoms with Crippen LogP contribution >= 0.6 is 0 Å². The summed E-state index contributed by atoms with van der Waals surface area (Å²) in [7, 11) is 1.73. The highest BCUT2D eigenvalue weighted by atomic mass is 16.6. The SMILES string of the molecule is CC(C)(C)OC(=O)NCCOCCOCCOCCOCCOCCOCCOCCOCCC(=O)NCC=O.CCC.CNC(C)C(=O)Nc1ccc(COc2cc3ccccc3nc2C(=O)OCc2ccccc2)cc1. The molecule has 3 amide bonds. The van der Waals surface area contributed by atoms with E-state index in [1.165, 1.54) is 6.42 Å². The first-order valence-corrected chi connectivity index (χ1v) is 26.4. The summed E-state index contributed by atoms with van der Waals surface area (Å²) in [5, 5.41) is 11.7. The van der Waals surface area contributed by atoms with Gasteiger partial charge in [0.05, 0.1) is 124 Å². The molecule has 4 rings (SSSR count). The van der Waals surface area contributed by atoms with Crippen LogP contribution in [0.15, 0.2) is 84.9 Å². The van der Waals surface area contributed by atoms with Crippen molar-refractivity contribution in [3.63, 3.8) is 0 Å². The quantitative estimate of drug-likeness (QED) is 0.0213. The number of nitrogens with zero attached hydrogens (tertiary/aromatic N) is 1. The van der Waals surface area contributed by atoms with Gasteiger partial charge in [0, 0.05) is 24.0 Å². The van der Waals surface area contributed by atoms with Crippen molar-refractivity contribution in [2.45, 2.75) is 79.2 Å². The molecule has 3 aromatic carbocycles. The van der Waals surface area contributed by atoms with Crippen LogP contribution < -0.4 is 26.0 Å². The Balaban J connectivity index is 0.000000510. The Kier molecular flexibility index (Phi) is 38.2. The molecule has 1 atom stereocenters. The van der Waals surface area contributed by atoms with Crippen LogP contribution in [0.25, 0.3) is 10.9 Å². The highest BCUT2D eigenvalue weighted by Crippen LogP contribution is 2.26. The zero-order valence-electron chi connectivity index (χ0n) is 46.8. The first-order chi connectivity index (χ1) is 37.8. The molecule has 0 aliphatic heterocycles. The maximum Gasteiger partial charge on any atom is 0.407 e. The van der Waals surface area contributed by atoms with E-state index in [4.69, 9.17) is 52.1 Å². The number of benzene rings is 3. The maximum atomic E-state index is 12.9. The number of carbonyl (C=O) groups excluding carboxylic acids is 5. The molecule has 0 saturated heterocycles. The Hall–Kier alpha value is -6.14. The minimum absolute atomic E-state index is 0.0220. The number of amides is 3. The number of pyridine rings is 1. The smallest absolute Gasteiger partial charge is 0.407 e. The zero-order chi connectivity index (χ0) is 56.9. The molecule has 0 fully saturated rings.